The van der Waals surface area contributed by atoms with Gasteiger partial charge in [0, 0.05) is 3.44 Å². The Bertz CT molecular complexity index is 77.0. The molecule has 0 aliphatic rings. The minimum atomic E-state index is -5.69. The van der Waals surface area contributed by atoms with Crippen molar-refractivity contribution in [2.45, 2.75) is 0 Å². The third kappa shape index (κ3) is 10300. The molecule has 0 saturated heterocycles. The van der Waals surface area contributed by atoms with Crippen LogP contribution in [0.4, 0.5) is 0 Å². The summed E-state index contributed by atoms with van der Waals surface area (Å²) in [5.41, 5.74) is 0. The Hall–Kier alpha value is 0.125. The van der Waals surface area contributed by atoms with Crippen LogP contribution in [0.15, 0.2) is 0 Å². The fraction of sp³-hybridized carbons (Fsp3) is 0. The normalized spacial score (nSPS) is 8.38. The van der Waals surface area contributed by atoms with E-state index >= 15 is 0 Å². The van der Waals surface area contributed by atoms with E-state index in [1.807, 2.05) is 0 Å². The van der Waals surface area contributed by atoms with Gasteiger partial charge >= 0.3 is 20.1 Å². The Labute approximate surface area is 53.3 Å². The van der Waals surface area contributed by atoms with Crippen LogP contribution in [0.5, 0.6) is 0 Å². The Morgan fingerprint density at radius 1 is 1.50 bits per heavy atom. The highest BCUT2D eigenvalue weighted by Crippen LogP contribution is 1.04. The van der Waals surface area contributed by atoms with E-state index in [1.54, 1.807) is 5.97 Å². The van der Waals surface area contributed by atoms with Crippen LogP contribution in [0, 0.1) is 11.2 Å². The second-order valence-electron chi connectivity index (χ2n) is 0.620. The number of hydrogen-bond donors (Lipinski definition) is 1. The van der Waals surface area contributed by atoms with E-state index in [1.165, 1.54) is 7.85 Å². The van der Waals surface area contributed by atoms with Crippen LogP contribution in [0.3, 0.4) is 0 Å². The average Bonchev–Trinajstić information content (AvgIpc) is 1.27. The van der Waals surface area contributed by atoms with Crippen molar-refractivity contribution in [2.75, 3.05) is 0 Å². The smallest absolute Gasteiger partial charge is 0.256 e. The third-order valence-electron chi connectivity index (χ3n) is 0. The molecule has 7 heteroatoms. The monoisotopic (exact) mass is 231 g/mol. The molecule has 8 heavy (non-hydrogen) atoms. The summed E-state index contributed by atoms with van der Waals surface area (Å²) in [6.07, 6.45) is 0. The standard InChI is InChI=1S/CH2BN.HIO4/c2-1-3;2-1(3,4)5/h2H2;2H. The van der Waals surface area contributed by atoms with Crippen LogP contribution in [0.25, 0.3) is 0 Å². The molecule has 0 aliphatic heterocycles. The number of hydrogen-bond acceptors (Lipinski definition) is 5. The van der Waals surface area contributed by atoms with Crippen LogP contribution in [0.2, 0.25) is 0 Å². The lowest BCUT2D eigenvalue weighted by atomic mass is 10.2. The molecule has 0 aromatic rings. The van der Waals surface area contributed by atoms with Gasteiger partial charge < -0.3 is 0 Å². The minimum absolute atomic E-state index is 1.43. The summed E-state index contributed by atoms with van der Waals surface area (Å²) in [5.74, 6) is 1.75. The van der Waals surface area contributed by atoms with Crippen molar-refractivity contribution in [1.29, 1.82) is 5.26 Å². The molecule has 46 valence electrons. The van der Waals surface area contributed by atoms with Gasteiger partial charge in [0.1, 0.15) is 0 Å². The van der Waals surface area contributed by atoms with Crippen LogP contribution in [-0.4, -0.2) is 11.3 Å². The van der Waals surface area contributed by atoms with E-state index in [0.29, 0.717) is 0 Å². The summed E-state index contributed by atoms with van der Waals surface area (Å²) in [7, 11) is 1.43. The van der Waals surface area contributed by atoms with Gasteiger partial charge in [-0.05, 0) is 5.97 Å². The van der Waals surface area contributed by atoms with Gasteiger partial charge in [-0.15, -0.1) is 0 Å². The summed E-state index contributed by atoms with van der Waals surface area (Å²) >= 11 is -5.69. The van der Waals surface area contributed by atoms with Crippen molar-refractivity contribution in [3.63, 3.8) is 0 Å². The van der Waals surface area contributed by atoms with Gasteiger partial charge in [0.15, 0.2) is 0 Å². The van der Waals surface area contributed by atoms with E-state index in [2.05, 4.69) is 0 Å². The van der Waals surface area contributed by atoms with E-state index in [-0.39, 0.29) is 0 Å². The van der Waals surface area contributed by atoms with E-state index in [4.69, 9.17) is 19.0 Å². The van der Waals surface area contributed by atoms with E-state index < -0.39 is 20.1 Å². The predicted molar refractivity (Wildman–Crippen MR) is 16.4 cm³/mol. The Morgan fingerprint density at radius 2 is 1.50 bits per heavy atom. The molecule has 0 aliphatic carbocycles. The molecular formula is CH3BINO4. The van der Waals surface area contributed by atoms with Gasteiger partial charge in [-0.2, -0.15) is 0 Å². The maximum Gasteiger partial charge on any atom is 0.368 e. The second-order valence-corrected chi connectivity index (χ2v) is 2.88. The Morgan fingerprint density at radius 3 is 1.50 bits per heavy atom. The molecule has 0 fully saturated rings. The Kier molecular flexibility index (Phi) is 7.24. The zero-order chi connectivity index (χ0) is 7.21. The van der Waals surface area contributed by atoms with Crippen molar-refractivity contribution in [3.8, 4) is 5.97 Å². The molecule has 5 nitrogen and oxygen atoms in total. The molecule has 0 aromatic heterocycles. The first-order valence-corrected chi connectivity index (χ1v) is 4.96. The lowest BCUT2D eigenvalue weighted by molar-refractivity contribution is -1.92. The number of nitrogens with zero attached hydrogens (tertiary/aromatic N) is 1. The van der Waals surface area contributed by atoms with E-state index in [9.17, 15) is 0 Å². The zero-order valence-electron chi connectivity index (χ0n) is 4.00. The van der Waals surface area contributed by atoms with Crippen LogP contribution in [-0.2, 0) is 0 Å². The Balaban J connectivity index is 0. The molecule has 0 aromatic carbocycles. The van der Waals surface area contributed by atoms with Crippen LogP contribution in [0.1, 0.15) is 0 Å². The zero-order valence-corrected chi connectivity index (χ0v) is 6.15. The first-order chi connectivity index (χ1) is 3.41. The lowest BCUT2D eigenvalue weighted by Crippen LogP contribution is -4.23. The lowest BCUT2D eigenvalue weighted by Gasteiger charge is -1.93. The van der Waals surface area contributed by atoms with Crippen molar-refractivity contribution >= 4 is 7.85 Å². The maximum absolute atomic E-state index is 8.73. The molecular weight excluding hydrogens is 228 g/mol. The molecule has 0 atom stereocenters. The molecule has 1 N–H and O–H groups in total. The minimum Gasteiger partial charge on any atom is -0.256 e. The van der Waals surface area contributed by atoms with Crippen LogP contribution >= 0.6 is 0 Å². The molecule has 0 spiro atoms. The van der Waals surface area contributed by atoms with Crippen molar-refractivity contribution in [3.05, 3.63) is 0 Å². The van der Waals surface area contributed by atoms with Gasteiger partial charge in [-0.3, -0.25) is 10.3 Å². The number of halogens is 1. The maximum atomic E-state index is 8.73. The molecule has 0 bridgehead atoms. The van der Waals surface area contributed by atoms with Gasteiger partial charge in [0.05, 0.1) is 0 Å². The summed E-state index contributed by atoms with van der Waals surface area (Å²) in [6, 6.07) is 0. The fourth-order valence-electron chi connectivity index (χ4n) is 0. The van der Waals surface area contributed by atoms with Crippen LogP contribution < -0.4 is 30.4 Å². The summed E-state index contributed by atoms with van der Waals surface area (Å²) in [4.78, 5) is 0. The number of rotatable bonds is 0. The third-order valence-corrected chi connectivity index (χ3v) is 0. The molecule has 0 rings (SSSR count). The highest BCUT2D eigenvalue weighted by Gasteiger charge is 2.11. The molecule has 0 radical (unpaired) electrons. The topological polar surface area (TPSA) is 113 Å². The van der Waals surface area contributed by atoms with Crippen molar-refractivity contribution < 1.29 is 33.8 Å². The summed E-state index contributed by atoms with van der Waals surface area (Å²) in [6.45, 7) is 0. The predicted octanol–water partition coefficient (Wildman–Crippen LogP) is -8.02. The molecule has 0 amide bonds. The van der Waals surface area contributed by atoms with Crippen molar-refractivity contribution in [2.24, 2.45) is 0 Å². The van der Waals surface area contributed by atoms with Gasteiger partial charge in [-0.1, -0.05) is 0 Å². The van der Waals surface area contributed by atoms with Gasteiger partial charge in [0.25, 0.3) is 0 Å². The van der Waals surface area contributed by atoms with Gasteiger partial charge in [0.2, 0.25) is 7.85 Å². The largest absolute Gasteiger partial charge is 0.368 e. The highest BCUT2D eigenvalue weighted by molar-refractivity contribution is 6.20. The number of nitriles is 1. The highest BCUT2D eigenvalue weighted by atomic mass is 127. The summed E-state index contributed by atoms with van der Waals surface area (Å²) < 4.78 is 33.2. The molecule has 0 saturated carbocycles. The van der Waals surface area contributed by atoms with Gasteiger partial charge in [-0.25, -0.2) is 5.26 Å². The quantitative estimate of drug-likeness (QED) is 0.328. The fourth-order valence-corrected chi connectivity index (χ4v) is 0. The SMILES string of the molecule is BC#N.[O-][I+3]([O-])([O-])O. The molecule has 0 unspecified atom stereocenters. The van der Waals surface area contributed by atoms with Crippen molar-refractivity contribution in [1.82, 2.24) is 0 Å². The molecule has 0 heterocycles. The average molecular weight is 231 g/mol. The first-order valence-electron chi connectivity index (χ1n) is 1.36. The summed E-state index contributed by atoms with van der Waals surface area (Å²) in [5, 5.41) is 7.32. The first kappa shape index (κ1) is 11.0. The van der Waals surface area contributed by atoms with E-state index in [0.717, 1.165) is 0 Å². The second kappa shape index (κ2) is 5.27.